The summed E-state index contributed by atoms with van der Waals surface area (Å²) in [5.74, 6) is -2.44. The second kappa shape index (κ2) is 15.7. The zero-order valence-electron chi connectivity index (χ0n) is 33.1. The molecule has 3 fully saturated rings. The summed E-state index contributed by atoms with van der Waals surface area (Å²) in [4.78, 5) is 63.7. The molecule has 2 aliphatic carbocycles. The van der Waals surface area contributed by atoms with Crippen molar-refractivity contribution in [1.82, 2.24) is 24.8 Å². The minimum Gasteiger partial charge on any atom is -0.475 e. The largest absolute Gasteiger partial charge is 0.475 e. The molecular formula is C40H54ClN5O9S. The molecule has 2 aromatic rings. The molecule has 0 spiro atoms. The number of nitrogens with one attached hydrogen (secondary N) is 2. The van der Waals surface area contributed by atoms with E-state index in [2.05, 4.69) is 21.9 Å². The van der Waals surface area contributed by atoms with E-state index in [0.29, 0.717) is 41.5 Å². The molecule has 1 aromatic heterocycles. The maximum absolute atomic E-state index is 15.1. The first-order valence-corrected chi connectivity index (χ1v) is 21.4. The molecular weight excluding hydrogens is 762 g/mol. The van der Waals surface area contributed by atoms with Crippen molar-refractivity contribution in [2.75, 3.05) is 6.54 Å². The molecule has 16 heteroatoms. The first kappa shape index (κ1) is 41.5. The van der Waals surface area contributed by atoms with Crippen LogP contribution in [-0.2, 0) is 24.4 Å². The van der Waals surface area contributed by atoms with Gasteiger partial charge in [-0.15, -0.1) is 0 Å². The predicted molar refractivity (Wildman–Crippen MR) is 211 cm³/mol. The topological polar surface area (TPSA) is 185 Å². The van der Waals surface area contributed by atoms with Crippen LogP contribution < -0.4 is 19.5 Å². The molecule has 2 saturated carbocycles. The van der Waals surface area contributed by atoms with Gasteiger partial charge in [0.25, 0.3) is 5.91 Å². The number of rotatable bonds is 8. The van der Waals surface area contributed by atoms with Gasteiger partial charge in [-0.3, -0.25) is 24.0 Å². The number of carbonyl (C=O) groups is 4. The zero-order chi connectivity index (χ0) is 40.9. The normalized spacial score (nSPS) is 29.3. The highest BCUT2D eigenvalue weighted by Gasteiger charge is 2.62. The maximum Gasteiger partial charge on any atom is 0.408 e. The molecule has 0 bridgehead atoms. The van der Waals surface area contributed by atoms with Crippen LogP contribution in [0.5, 0.6) is 11.8 Å². The van der Waals surface area contributed by atoms with Crippen LogP contribution in [0.1, 0.15) is 93.4 Å². The van der Waals surface area contributed by atoms with Gasteiger partial charge in [-0.25, -0.2) is 13.2 Å². The summed E-state index contributed by atoms with van der Waals surface area (Å²) < 4.78 is 40.5. The number of amides is 4. The van der Waals surface area contributed by atoms with E-state index in [0.717, 1.165) is 6.42 Å². The van der Waals surface area contributed by atoms with E-state index in [1.54, 1.807) is 45.0 Å². The summed E-state index contributed by atoms with van der Waals surface area (Å²) >= 11 is 6.60. The van der Waals surface area contributed by atoms with E-state index in [1.807, 2.05) is 32.9 Å². The Labute approximate surface area is 333 Å². The van der Waals surface area contributed by atoms with E-state index in [-0.39, 0.29) is 43.2 Å². The first-order valence-electron chi connectivity index (χ1n) is 19.5. The number of carbonyl (C=O) groups excluding carboxylic acids is 3. The number of hydrogen-bond acceptors (Lipinski definition) is 9. The summed E-state index contributed by atoms with van der Waals surface area (Å²) in [7, 11) is -3.93. The Kier molecular flexibility index (Phi) is 11.6. The summed E-state index contributed by atoms with van der Waals surface area (Å²) in [6.07, 6.45) is 4.44. The lowest BCUT2D eigenvalue weighted by Gasteiger charge is -2.43. The number of sulfonamides is 1. The van der Waals surface area contributed by atoms with Gasteiger partial charge in [0.1, 0.15) is 23.7 Å². The average Bonchev–Trinajstić information content (AvgIpc) is 4.01. The van der Waals surface area contributed by atoms with Crippen LogP contribution in [0.4, 0.5) is 4.79 Å². The van der Waals surface area contributed by atoms with Crippen LogP contribution in [0.15, 0.2) is 36.4 Å². The second-order valence-corrected chi connectivity index (χ2v) is 19.7. The molecule has 0 unspecified atom stereocenters. The highest BCUT2D eigenvalue weighted by Crippen LogP contribution is 2.46. The van der Waals surface area contributed by atoms with Gasteiger partial charge in [-0.2, -0.15) is 4.98 Å². The lowest BCUT2D eigenvalue weighted by atomic mass is 9.85. The summed E-state index contributed by atoms with van der Waals surface area (Å²) in [5, 5.41) is 14.5. The number of pyridine rings is 1. The number of ether oxygens (including phenoxy) is 2. The van der Waals surface area contributed by atoms with Gasteiger partial charge >= 0.3 is 6.09 Å². The van der Waals surface area contributed by atoms with E-state index >= 15 is 4.79 Å². The fourth-order valence-corrected chi connectivity index (χ4v) is 9.79. The SMILES string of the molecule is CC(C)Oc1cc2c(Cl)cccc2c(O[C@@H]2C[C@H]3C(=O)N[C@]4(C(=O)NS(=O)(=O)C5CC5)C[C@H]4/C=C\CC[C@@H](C)C[C@@H](C)[C@H](N(C(=O)O)C(C)(C)C)C(=O)N3C2)n1. The molecule has 306 valence electrons. The van der Waals surface area contributed by atoms with Gasteiger partial charge in [0.05, 0.1) is 17.9 Å². The third-order valence-electron chi connectivity index (χ3n) is 11.2. The molecule has 6 rings (SSSR count). The molecule has 2 aliphatic heterocycles. The van der Waals surface area contributed by atoms with Crippen LogP contribution in [-0.4, -0.2) is 99.3 Å². The standard InChI is InChI=1S/C40H54ClN5O9S/c1-22(2)54-32-19-29-28(13-10-14-30(29)41)35(42-32)55-26-18-31-34(47)43-40(37(49)44-56(52,53)27-15-16-27)20-25(40)12-9-8-11-23(3)17-24(4)33(36(48)45(31)21-26)46(38(50)51)39(5,6)7/h9-10,12-14,19,22-27,31,33H,8,11,15-18,20-21H2,1-7H3,(H,43,47)(H,44,49)(H,50,51)/b12-9-/t23-,24-,25-,26-,31+,33+,40-/m1/s1. The van der Waals surface area contributed by atoms with Crippen LogP contribution in [0.25, 0.3) is 10.8 Å². The molecule has 14 nitrogen and oxygen atoms in total. The fraction of sp³-hybridized carbons (Fsp3) is 0.625. The number of nitrogens with zero attached hydrogens (tertiary/aromatic N) is 3. The Bertz CT molecular complexity index is 2020. The van der Waals surface area contributed by atoms with Crippen molar-refractivity contribution in [2.24, 2.45) is 17.8 Å². The third-order valence-corrected chi connectivity index (χ3v) is 13.3. The van der Waals surface area contributed by atoms with Gasteiger partial charge in [-0.05, 0) is 97.1 Å². The summed E-state index contributed by atoms with van der Waals surface area (Å²) in [6, 6.07) is 4.62. The Morgan fingerprint density at radius 3 is 2.48 bits per heavy atom. The fourth-order valence-electron chi connectivity index (χ4n) is 8.20. The molecule has 4 aliphatic rings. The van der Waals surface area contributed by atoms with Crippen molar-refractivity contribution in [3.05, 3.63) is 41.4 Å². The highest BCUT2D eigenvalue weighted by atomic mass is 35.5. The Morgan fingerprint density at radius 1 is 1.12 bits per heavy atom. The van der Waals surface area contributed by atoms with Gasteiger partial charge in [0, 0.05) is 39.7 Å². The molecule has 4 amide bonds. The number of allylic oxidation sites excluding steroid dienone is 1. The monoisotopic (exact) mass is 815 g/mol. The molecule has 3 N–H and O–H groups in total. The maximum atomic E-state index is 15.1. The Morgan fingerprint density at radius 2 is 1.84 bits per heavy atom. The molecule has 3 heterocycles. The molecule has 7 atom stereocenters. The Balaban J connectivity index is 1.41. The Hall–Kier alpha value is -4.11. The zero-order valence-corrected chi connectivity index (χ0v) is 34.7. The quantitative estimate of drug-likeness (QED) is 0.281. The third kappa shape index (κ3) is 8.73. The first-order chi connectivity index (χ1) is 26.2. The van der Waals surface area contributed by atoms with Crippen molar-refractivity contribution in [3.8, 4) is 11.8 Å². The number of halogens is 1. The summed E-state index contributed by atoms with van der Waals surface area (Å²) in [5.41, 5.74) is -2.55. The lowest BCUT2D eigenvalue weighted by molar-refractivity contribution is -0.146. The van der Waals surface area contributed by atoms with Gasteiger partial charge in [0.15, 0.2) is 0 Å². The lowest BCUT2D eigenvalue weighted by Crippen LogP contribution is -2.62. The second-order valence-electron chi connectivity index (χ2n) is 17.3. The number of hydrogen-bond donors (Lipinski definition) is 3. The molecule has 0 radical (unpaired) electrons. The van der Waals surface area contributed by atoms with Crippen LogP contribution in [0, 0.1) is 17.8 Å². The van der Waals surface area contributed by atoms with Crippen molar-refractivity contribution in [3.63, 3.8) is 0 Å². The van der Waals surface area contributed by atoms with Gasteiger partial charge in [-0.1, -0.05) is 43.7 Å². The molecule has 56 heavy (non-hydrogen) atoms. The number of carboxylic acid groups (broad SMARTS) is 1. The van der Waals surface area contributed by atoms with Crippen molar-refractivity contribution in [1.29, 1.82) is 0 Å². The molecule has 1 aromatic carbocycles. The number of aromatic nitrogens is 1. The molecule has 1 saturated heterocycles. The highest BCUT2D eigenvalue weighted by molar-refractivity contribution is 7.91. The van der Waals surface area contributed by atoms with Gasteiger partial charge in [0.2, 0.25) is 33.6 Å². The minimum atomic E-state index is -3.93. The predicted octanol–water partition coefficient (Wildman–Crippen LogP) is 5.67. The average molecular weight is 816 g/mol. The van der Waals surface area contributed by atoms with Crippen molar-refractivity contribution < 1.29 is 42.2 Å². The van der Waals surface area contributed by atoms with Crippen LogP contribution >= 0.6 is 11.6 Å². The van der Waals surface area contributed by atoms with E-state index in [4.69, 9.17) is 21.1 Å². The summed E-state index contributed by atoms with van der Waals surface area (Å²) in [6.45, 7) is 12.7. The van der Waals surface area contributed by atoms with Crippen molar-refractivity contribution in [2.45, 2.75) is 134 Å². The van der Waals surface area contributed by atoms with E-state index in [1.165, 1.54) is 9.80 Å². The minimum absolute atomic E-state index is 0.0325. The smallest absolute Gasteiger partial charge is 0.408 e. The van der Waals surface area contributed by atoms with Crippen LogP contribution in [0.3, 0.4) is 0 Å². The number of benzene rings is 1. The van der Waals surface area contributed by atoms with Gasteiger partial charge < -0.3 is 24.8 Å². The van der Waals surface area contributed by atoms with E-state index < -0.39 is 80.2 Å². The number of fused-ring (bicyclic) bond motifs is 3. The van der Waals surface area contributed by atoms with Crippen molar-refractivity contribution >= 4 is 56.2 Å². The van der Waals surface area contributed by atoms with Crippen LogP contribution in [0.2, 0.25) is 5.02 Å². The van der Waals surface area contributed by atoms with E-state index in [9.17, 15) is 27.9 Å².